The quantitative estimate of drug-likeness (QED) is 0.903. The van der Waals surface area contributed by atoms with Crippen LogP contribution >= 0.6 is 0 Å². The zero-order chi connectivity index (χ0) is 14.6. The minimum absolute atomic E-state index is 0.171. The number of ether oxygens (including phenoxy) is 1. The second kappa shape index (κ2) is 6.53. The van der Waals surface area contributed by atoms with Gasteiger partial charge in [0.05, 0.1) is 12.5 Å². The molecule has 1 heterocycles. The third-order valence-corrected chi connectivity index (χ3v) is 3.49. The van der Waals surface area contributed by atoms with Gasteiger partial charge in [0.15, 0.2) is 5.82 Å². The van der Waals surface area contributed by atoms with Crippen molar-refractivity contribution in [3.63, 3.8) is 0 Å². The molecule has 2 atom stereocenters. The van der Waals surface area contributed by atoms with Crippen LogP contribution in [0.15, 0.2) is 4.52 Å². The van der Waals surface area contributed by atoms with E-state index in [1.165, 1.54) is 7.11 Å². The minimum atomic E-state index is -4.16. The van der Waals surface area contributed by atoms with Gasteiger partial charge >= 0.3 is 6.18 Å². The lowest BCUT2D eigenvalue weighted by atomic mass is 9.84. The van der Waals surface area contributed by atoms with E-state index in [1.54, 1.807) is 0 Å². The van der Waals surface area contributed by atoms with Crippen molar-refractivity contribution in [3.8, 4) is 0 Å². The fraction of sp³-hybridized carbons (Fsp3) is 0.833. The summed E-state index contributed by atoms with van der Waals surface area (Å²) in [4.78, 5) is 4.03. The van der Waals surface area contributed by atoms with Crippen LogP contribution in [0.5, 0.6) is 0 Å². The Morgan fingerprint density at radius 3 is 2.80 bits per heavy atom. The lowest BCUT2D eigenvalue weighted by Gasteiger charge is -2.33. The van der Waals surface area contributed by atoms with Crippen molar-refractivity contribution in [1.29, 1.82) is 0 Å². The number of nitrogens with one attached hydrogen (secondary N) is 1. The van der Waals surface area contributed by atoms with Gasteiger partial charge in [-0.25, -0.2) is 0 Å². The molecule has 1 aromatic heterocycles. The first-order chi connectivity index (χ1) is 9.50. The number of hydrogen-bond acceptors (Lipinski definition) is 5. The fourth-order valence-corrected chi connectivity index (χ4v) is 2.53. The van der Waals surface area contributed by atoms with Gasteiger partial charge in [-0.1, -0.05) is 18.0 Å². The average Bonchev–Trinajstić information content (AvgIpc) is 2.84. The molecule has 0 bridgehead atoms. The van der Waals surface area contributed by atoms with Crippen molar-refractivity contribution in [2.24, 2.45) is 5.92 Å². The molecular formula is C12H18F3N3O2. The van der Waals surface area contributed by atoms with Crippen LogP contribution in [-0.2, 0) is 17.9 Å². The number of halogens is 3. The van der Waals surface area contributed by atoms with Gasteiger partial charge in [-0.3, -0.25) is 0 Å². The minimum Gasteiger partial charge on any atom is -0.375 e. The molecule has 0 aliphatic heterocycles. The summed E-state index contributed by atoms with van der Waals surface area (Å²) in [6.45, 7) is 0.367. The van der Waals surface area contributed by atoms with Gasteiger partial charge in [0.25, 0.3) is 5.89 Å². The lowest BCUT2D eigenvalue weighted by Crippen LogP contribution is -2.45. The van der Waals surface area contributed by atoms with Crippen LogP contribution in [0.25, 0.3) is 0 Å². The Bertz CT molecular complexity index is 422. The van der Waals surface area contributed by atoms with E-state index in [-0.39, 0.29) is 19.6 Å². The van der Waals surface area contributed by atoms with E-state index in [4.69, 9.17) is 9.26 Å². The van der Waals surface area contributed by atoms with E-state index in [0.717, 1.165) is 6.42 Å². The second-order valence-electron chi connectivity index (χ2n) is 4.96. The monoisotopic (exact) mass is 293 g/mol. The van der Waals surface area contributed by atoms with Crippen molar-refractivity contribution >= 4 is 0 Å². The Hall–Kier alpha value is -1.15. The molecule has 0 spiro atoms. The highest BCUT2D eigenvalue weighted by molar-refractivity contribution is 4.89. The van der Waals surface area contributed by atoms with Crippen molar-refractivity contribution in [1.82, 2.24) is 15.5 Å². The molecule has 0 aromatic carbocycles. The number of hydrogen-bond donors (Lipinski definition) is 1. The number of nitrogens with zero attached hydrogens (tertiary/aromatic N) is 2. The van der Waals surface area contributed by atoms with Gasteiger partial charge in [-0.2, -0.15) is 18.2 Å². The van der Waals surface area contributed by atoms with Crippen molar-refractivity contribution in [3.05, 3.63) is 11.7 Å². The molecule has 0 unspecified atom stereocenters. The van der Waals surface area contributed by atoms with Crippen LogP contribution < -0.4 is 5.32 Å². The molecule has 8 heteroatoms. The van der Waals surface area contributed by atoms with Crippen LogP contribution in [0, 0.1) is 5.92 Å². The molecule has 1 aliphatic rings. The van der Waals surface area contributed by atoms with Crippen LogP contribution in [0.4, 0.5) is 13.2 Å². The molecule has 0 amide bonds. The summed E-state index contributed by atoms with van der Waals surface area (Å²) in [5.74, 6) is -0.620. The van der Waals surface area contributed by atoms with E-state index in [2.05, 4.69) is 15.5 Å². The Kier molecular flexibility index (Phi) is 4.98. The van der Waals surface area contributed by atoms with Crippen LogP contribution in [0.3, 0.4) is 0 Å². The summed E-state index contributed by atoms with van der Waals surface area (Å²) in [5.41, 5.74) is 0. The lowest BCUT2D eigenvalue weighted by molar-refractivity contribution is -0.189. The van der Waals surface area contributed by atoms with Crippen LogP contribution in [0.1, 0.15) is 37.4 Å². The third kappa shape index (κ3) is 3.92. The first-order valence-electron chi connectivity index (χ1n) is 6.61. The Morgan fingerprint density at radius 2 is 2.10 bits per heavy atom. The standard InChI is InChI=1S/C12H18F3N3O2/c1-19-7-11-17-10(18-20-11)6-16-9-5-3-2-4-8(9)12(13,14)15/h8-9,16H,2-7H2,1H3/t8-,9-/m1/s1. The van der Waals surface area contributed by atoms with Gasteiger partial charge in [0.2, 0.25) is 0 Å². The zero-order valence-corrected chi connectivity index (χ0v) is 11.2. The number of alkyl halides is 3. The van der Waals surface area contributed by atoms with Gasteiger partial charge in [-0.05, 0) is 12.8 Å². The molecule has 114 valence electrons. The SMILES string of the molecule is COCc1nc(CN[C@@H]2CCCC[C@H]2C(F)(F)F)no1. The average molecular weight is 293 g/mol. The molecule has 1 aromatic rings. The largest absolute Gasteiger partial charge is 0.393 e. The Balaban J connectivity index is 1.90. The van der Waals surface area contributed by atoms with Crippen molar-refractivity contribution in [2.45, 2.75) is 51.1 Å². The molecule has 1 fully saturated rings. The maximum Gasteiger partial charge on any atom is 0.393 e. The van der Waals surface area contributed by atoms with E-state index in [9.17, 15) is 13.2 Å². The predicted octanol–water partition coefficient (Wildman–Crippen LogP) is 2.43. The highest BCUT2D eigenvalue weighted by Crippen LogP contribution is 2.37. The summed E-state index contributed by atoms with van der Waals surface area (Å²) in [6.07, 6.45) is -2.01. The van der Waals surface area contributed by atoms with E-state index < -0.39 is 18.1 Å². The maximum atomic E-state index is 12.9. The second-order valence-corrected chi connectivity index (χ2v) is 4.96. The topological polar surface area (TPSA) is 60.2 Å². The van der Waals surface area contributed by atoms with Gasteiger partial charge in [-0.15, -0.1) is 0 Å². The molecule has 1 N–H and O–H groups in total. The van der Waals surface area contributed by atoms with E-state index >= 15 is 0 Å². The van der Waals surface area contributed by atoms with Gasteiger partial charge in [0, 0.05) is 13.2 Å². The summed E-state index contributed by atoms with van der Waals surface area (Å²) < 4.78 is 48.5. The summed E-state index contributed by atoms with van der Waals surface area (Å²) in [5, 5.41) is 6.60. The Labute approximate surface area is 114 Å². The van der Waals surface area contributed by atoms with Crippen LogP contribution in [-0.4, -0.2) is 29.5 Å². The maximum absolute atomic E-state index is 12.9. The highest BCUT2D eigenvalue weighted by atomic mass is 19.4. The molecule has 2 rings (SSSR count). The first kappa shape index (κ1) is 15.2. The summed E-state index contributed by atoms with van der Waals surface area (Å²) >= 11 is 0. The number of methoxy groups -OCH3 is 1. The van der Waals surface area contributed by atoms with Crippen molar-refractivity contribution in [2.75, 3.05) is 7.11 Å². The van der Waals surface area contributed by atoms with Crippen LogP contribution in [0.2, 0.25) is 0 Å². The molecule has 0 saturated heterocycles. The molecular weight excluding hydrogens is 275 g/mol. The summed E-state index contributed by atoms with van der Waals surface area (Å²) in [7, 11) is 1.50. The van der Waals surface area contributed by atoms with E-state index in [0.29, 0.717) is 24.6 Å². The van der Waals surface area contributed by atoms with Crippen molar-refractivity contribution < 1.29 is 22.4 Å². The molecule has 1 saturated carbocycles. The smallest absolute Gasteiger partial charge is 0.375 e. The fourth-order valence-electron chi connectivity index (χ4n) is 2.53. The zero-order valence-electron chi connectivity index (χ0n) is 11.2. The normalized spacial score (nSPS) is 24.0. The predicted molar refractivity (Wildman–Crippen MR) is 63.7 cm³/mol. The first-order valence-corrected chi connectivity index (χ1v) is 6.61. The van der Waals surface area contributed by atoms with E-state index in [1.807, 2.05) is 0 Å². The molecule has 0 radical (unpaired) electrons. The number of rotatable bonds is 5. The molecule has 20 heavy (non-hydrogen) atoms. The Morgan fingerprint density at radius 1 is 1.35 bits per heavy atom. The molecule has 1 aliphatic carbocycles. The summed E-state index contributed by atoms with van der Waals surface area (Å²) in [6, 6.07) is -0.576. The van der Waals surface area contributed by atoms with Gasteiger partial charge in [0.1, 0.15) is 6.61 Å². The molecule has 5 nitrogen and oxygen atoms in total. The third-order valence-electron chi connectivity index (χ3n) is 3.49. The van der Waals surface area contributed by atoms with Gasteiger partial charge < -0.3 is 14.6 Å². The number of aromatic nitrogens is 2. The highest BCUT2D eigenvalue weighted by Gasteiger charge is 2.45.